The Hall–Kier alpha value is -1.81. The van der Waals surface area contributed by atoms with Crippen LogP contribution in [0.1, 0.15) is 23.2 Å². The number of hydrogen-bond donors (Lipinski definition) is 1. The van der Waals surface area contributed by atoms with E-state index >= 15 is 0 Å². The predicted molar refractivity (Wildman–Crippen MR) is 90.0 cm³/mol. The maximum Gasteiger partial charge on any atom is 0.256 e. The van der Waals surface area contributed by atoms with Crippen LogP contribution in [0.4, 0.5) is 11.4 Å². The van der Waals surface area contributed by atoms with Gasteiger partial charge in [-0.25, -0.2) is 0 Å². The van der Waals surface area contributed by atoms with Crippen molar-refractivity contribution in [3.63, 3.8) is 0 Å². The lowest BCUT2D eigenvalue weighted by Crippen LogP contribution is -2.17. The molecule has 1 N–H and O–H groups in total. The van der Waals surface area contributed by atoms with Crippen molar-refractivity contribution in [3.05, 3.63) is 58.6 Å². The largest absolute Gasteiger partial charge is 0.372 e. The van der Waals surface area contributed by atoms with E-state index in [1.807, 2.05) is 30.3 Å². The molecule has 0 saturated carbocycles. The molecule has 0 spiro atoms. The fourth-order valence-electron chi connectivity index (χ4n) is 2.57. The lowest BCUT2D eigenvalue weighted by Gasteiger charge is -2.17. The second-order valence-electron chi connectivity index (χ2n) is 5.17. The summed E-state index contributed by atoms with van der Waals surface area (Å²) in [6, 6.07) is 15.5. The number of benzene rings is 2. The van der Waals surface area contributed by atoms with Gasteiger partial charge in [0, 0.05) is 28.9 Å². The number of amides is 1. The van der Waals surface area contributed by atoms with Crippen molar-refractivity contribution in [2.24, 2.45) is 0 Å². The van der Waals surface area contributed by atoms with Crippen molar-refractivity contribution in [1.82, 2.24) is 0 Å². The summed E-state index contributed by atoms with van der Waals surface area (Å²) in [6.45, 7) is 2.26. The Balaban J connectivity index is 1.70. The molecular weight excluding hydrogens is 328 g/mol. The molecule has 0 bridgehead atoms. The first kappa shape index (κ1) is 14.1. The molecule has 1 heterocycles. The average Bonchev–Trinajstić information content (AvgIpc) is 3.02. The molecule has 4 heteroatoms. The number of nitrogens with one attached hydrogen (secondary N) is 1. The van der Waals surface area contributed by atoms with Crippen molar-refractivity contribution in [2.45, 2.75) is 12.8 Å². The molecule has 0 radical (unpaired) electrons. The molecule has 3 nitrogen and oxygen atoms in total. The minimum absolute atomic E-state index is 0.101. The van der Waals surface area contributed by atoms with Crippen LogP contribution in [-0.2, 0) is 0 Å². The molecule has 0 atom stereocenters. The van der Waals surface area contributed by atoms with E-state index in [1.165, 1.54) is 18.5 Å². The summed E-state index contributed by atoms with van der Waals surface area (Å²) in [5.41, 5.74) is 2.69. The first-order valence-electron chi connectivity index (χ1n) is 7.15. The van der Waals surface area contributed by atoms with Gasteiger partial charge in [-0.3, -0.25) is 4.79 Å². The summed E-state index contributed by atoms with van der Waals surface area (Å²) in [7, 11) is 0. The number of carbonyl (C=O) groups excluding carboxylic acids is 1. The van der Waals surface area contributed by atoms with Crippen LogP contribution in [0.5, 0.6) is 0 Å². The molecule has 3 rings (SSSR count). The van der Waals surface area contributed by atoms with Crippen LogP contribution in [0.3, 0.4) is 0 Å². The lowest BCUT2D eigenvalue weighted by atomic mass is 10.2. The van der Waals surface area contributed by atoms with E-state index in [4.69, 9.17) is 0 Å². The minimum atomic E-state index is -0.101. The van der Waals surface area contributed by atoms with Gasteiger partial charge in [0.25, 0.3) is 5.91 Å². The Morgan fingerprint density at radius 2 is 1.67 bits per heavy atom. The highest BCUT2D eigenvalue weighted by Gasteiger charge is 2.13. The van der Waals surface area contributed by atoms with Crippen LogP contribution < -0.4 is 10.2 Å². The summed E-state index contributed by atoms with van der Waals surface area (Å²) in [5, 5.41) is 2.93. The smallest absolute Gasteiger partial charge is 0.256 e. The zero-order chi connectivity index (χ0) is 14.7. The molecule has 1 aliphatic rings. The van der Waals surface area contributed by atoms with Gasteiger partial charge >= 0.3 is 0 Å². The maximum absolute atomic E-state index is 12.2. The Kier molecular flexibility index (Phi) is 4.25. The molecule has 1 saturated heterocycles. The number of hydrogen-bond acceptors (Lipinski definition) is 2. The van der Waals surface area contributed by atoms with Gasteiger partial charge in [0.1, 0.15) is 0 Å². The molecule has 0 aromatic heterocycles. The number of halogens is 1. The molecule has 2 aromatic rings. The second kappa shape index (κ2) is 6.31. The molecule has 1 fully saturated rings. The Morgan fingerprint density at radius 3 is 2.33 bits per heavy atom. The van der Waals surface area contributed by atoms with Gasteiger partial charge in [-0.2, -0.15) is 0 Å². The van der Waals surface area contributed by atoms with E-state index in [-0.39, 0.29) is 5.91 Å². The zero-order valence-corrected chi connectivity index (χ0v) is 13.3. The third-order valence-corrected chi connectivity index (χ3v) is 4.41. The fourth-order valence-corrected chi connectivity index (χ4v) is 3.04. The molecule has 108 valence electrons. The third-order valence-electron chi connectivity index (χ3n) is 3.71. The predicted octanol–water partition coefficient (Wildman–Crippen LogP) is 4.30. The van der Waals surface area contributed by atoms with Crippen LogP contribution in [0.2, 0.25) is 0 Å². The van der Waals surface area contributed by atoms with Crippen LogP contribution in [-0.4, -0.2) is 19.0 Å². The van der Waals surface area contributed by atoms with E-state index in [2.05, 4.69) is 38.3 Å². The summed E-state index contributed by atoms with van der Waals surface area (Å²) in [5.74, 6) is -0.101. The lowest BCUT2D eigenvalue weighted by molar-refractivity contribution is 0.102. The SMILES string of the molecule is O=C(Nc1ccc(N2CCCC2)cc1)c1ccccc1Br. The monoisotopic (exact) mass is 344 g/mol. The van der Waals surface area contributed by atoms with Gasteiger partial charge < -0.3 is 10.2 Å². The van der Waals surface area contributed by atoms with Crippen LogP contribution in [0.25, 0.3) is 0 Å². The first-order chi connectivity index (χ1) is 10.2. The standard InChI is InChI=1S/C17H17BrN2O/c18-16-6-2-1-5-15(16)17(21)19-13-7-9-14(10-8-13)20-11-3-4-12-20/h1-2,5-10H,3-4,11-12H2,(H,19,21). The topological polar surface area (TPSA) is 32.3 Å². The Bertz CT molecular complexity index is 633. The van der Waals surface area contributed by atoms with Crippen molar-refractivity contribution < 1.29 is 4.79 Å². The second-order valence-corrected chi connectivity index (χ2v) is 6.03. The number of anilines is 2. The summed E-state index contributed by atoms with van der Waals surface area (Å²) in [4.78, 5) is 14.6. The van der Waals surface area contributed by atoms with Crippen molar-refractivity contribution in [2.75, 3.05) is 23.3 Å². The summed E-state index contributed by atoms with van der Waals surface area (Å²) in [6.07, 6.45) is 2.53. The van der Waals surface area contributed by atoms with E-state index in [0.717, 1.165) is 23.2 Å². The Labute approximate surface area is 133 Å². The molecule has 2 aromatic carbocycles. The van der Waals surface area contributed by atoms with E-state index in [9.17, 15) is 4.79 Å². The van der Waals surface area contributed by atoms with Crippen molar-refractivity contribution >= 4 is 33.2 Å². The molecule has 1 aliphatic heterocycles. The van der Waals surface area contributed by atoms with E-state index in [0.29, 0.717) is 5.56 Å². The first-order valence-corrected chi connectivity index (χ1v) is 7.94. The minimum Gasteiger partial charge on any atom is -0.372 e. The molecule has 1 amide bonds. The van der Waals surface area contributed by atoms with Gasteiger partial charge in [-0.05, 0) is 65.2 Å². The van der Waals surface area contributed by atoms with Crippen molar-refractivity contribution in [3.8, 4) is 0 Å². The van der Waals surface area contributed by atoms with Gasteiger partial charge in [-0.15, -0.1) is 0 Å². The number of carbonyl (C=O) groups is 1. The van der Waals surface area contributed by atoms with Crippen LogP contribution in [0.15, 0.2) is 53.0 Å². The third kappa shape index (κ3) is 3.27. The highest BCUT2D eigenvalue weighted by Crippen LogP contribution is 2.23. The normalized spacial score (nSPS) is 14.2. The highest BCUT2D eigenvalue weighted by atomic mass is 79.9. The van der Waals surface area contributed by atoms with Gasteiger partial charge in [0.05, 0.1) is 5.56 Å². The van der Waals surface area contributed by atoms with Gasteiger partial charge in [0.15, 0.2) is 0 Å². The van der Waals surface area contributed by atoms with Gasteiger partial charge in [-0.1, -0.05) is 12.1 Å². The number of nitrogens with zero attached hydrogens (tertiary/aromatic N) is 1. The van der Waals surface area contributed by atoms with E-state index < -0.39 is 0 Å². The van der Waals surface area contributed by atoms with Crippen LogP contribution >= 0.6 is 15.9 Å². The number of rotatable bonds is 3. The highest BCUT2D eigenvalue weighted by molar-refractivity contribution is 9.10. The molecule has 0 aliphatic carbocycles. The zero-order valence-electron chi connectivity index (χ0n) is 11.7. The maximum atomic E-state index is 12.2. The Morgan fingerprint density at radius 1 is 1.00 bits per heavy atom. The average molecular weight is 345 g/mol. The van der Waals surface area contributed by atoms with Gasteiger partial charge in [0.2, 0.25) is 0 Å². The van der Waals surface area contributed by atoms with Crippen molar-refractivity contribution in [1.29, 1.82) is 0 Å². The molecule has 21 heavy (non-hydrogen) atoms. The van der Waals surface area contributed by atoms with E-state index in [1.54, 1.807) is 6.07 Å². The quantitative estimate of drug-likeness (QED) is 0.900. The molecular formula is C17H17BrN2O. The summed E-state index contributed by atoms with van der Waals surface area (Å²) >= 11 is 3.40. The fraction of sp³-hybridized carbons (Fsp3) is 0.235. The summed E-state index contributed by atoms with van der Waals surface area (Å²) < 4.78 is 0.802. The van der Waals surface area contributed by atoms with Crippen LogP contribution in [0, 0.1) is 0 Å². The molecule has 0 unspecified atom stereocenters.